The quantitative estimate of drug-likeness (QED) is 0.171. The standard InChI is InChI=1S/C26H17ClN4O5/c27-24-19(14-15-6-4-5-9-20(15)28-24)22-21-23(36-30(22)17-7-2-1-3-8-17)26(33)29(25(21)32)16-10-12-18(13-11-16)31(34)35/h1-14,21-23H/t21-,22+,23+/m0/s1. The van der Waals surface area contributed by atoms with Crippen molar-refractivity contribution in [3.63, 3.8) is 0 Å². The van der Waals surface area contributed by atoms with E-state index in [9.17, 15) is 19.7 Å². The van der Waals surface area contributed by atoms with Crippen LogP contribution in [0, 0.1) is 16.0 Å². The van der Waals surface area contributed by atoms with Crippen molar-refractivity contribution >= 4 is 51.4 Å². The smallest absolute Gasteiger partial charge is 0.269 e. The highest BCUT2D eigenvalue weighted by Crippen LogP contribution is 2.49. The number of non-ortho nitro benzene ring substituents is 1. The van der Waals surface area contributed by atoms with E-state index in [2.05, 4.69) is 4.98 Å². The third-order valence-electron chi connectivity index (χ3n) is 6.47. The van der Waals surface area contributed by atoms with E-state index in [1.165, 1.54) is 24.3 Å². The summed E-state index contributed by atoms with van der Waals surface area (Å²) in [5, 5.41) is 13.6. The largest absolute Gasteiger partial charge is 0.273 e. The van der Waals surface area contributed by atoms with Crippen LogP contribution in [0.4, 0.5) is 17.1 Å². The lowest BCUT2D eigenvalue weighted by molar-refractivity contribution is -0.384. The molecule has 2 saturated heterocycles. The molecule has 9 nitrogen and oxygen atoms in total. The number of nitro benzene ring substituents is 1. The molecule has 0 unspecified atom stereocenters. The Bertz CT molecular complexity index is 1530. The van der Waals surface area contributed by atoms with Crippen molar-refractivity contribution in [3.05, 3.63) is 106 Å². The second-order valence-electron chi connectivity index (χ2n) is 8.50. The lowest BCUT2D eigenvalue weighted by Crippen LogP contribution is -2.37. The summed E-state index contributed by atoms with van der Waals surface area (Å²) in [6.45, 7) is 0. The number of hydrogen-bond donors (Lipinski definition) is 0. The molecule has 2 fully saturated rings. The summed E-state index contributed by atoms with van der Waals surface area (Å²) in [5.74, 6) is -1.94. The Morgan fingerprint density at radius 3 is 2.31 bits per heavy atom. The van der Waals surface area contributed by atoms with Crippen LogP contribution in [0.3, 0.4) is 0 Å². The third-order valence-corrected chi connectivity index (χ3v) is 6.77. The Hall–Kier alpha value is -4.34. The number of hydroxylamine groups is 1. The van der Waals surface area contributed by atoms with Crippen molar-refractivity contribution in [1.29, 1.82) is 0 Å². The van der Waals surface area contributed by atoms with E-state index in [4.69, 9.17) is 16.4 Å². The Balaban J connectivity index is 1.46. The summed E-state index contributed by atoms with van der Waals surface area (Å²) in [4.78, 5) is 49.4. The number of carbonyl (C=O) groups is 2. The van der Waals surface area contributed by atoms with Crippen LogP contribution in [-0.2, 0) is 14.4 Å². The van der Waals surface area contributed by atoms with Crippen LogP contribution < -0.4 is 9.96 Å². The molecule has 10 heteroatoms. The third kappa shape index (κ3) is 3.40. The summed E-state index contributed by atoms with van der Waals surface area (Å²) >= 11 is 6.64. The molecule has 6 rings (SSSR count). The molecule has 0 N–H and O–H groups in total. The van der Waals surface area contributed by atoms with Gasteiger partial charge in [0.25, 0.3) is 11.6 Å². The van der Waals surface area contributed by atoms with Crippen molar-refractivity contribution in [2.45, 2.75) is 12.1 Å². The van der Waals surface area contributed by atoms with Crippen LogP contribution in [0.1, 0.15) is 11.6 Å². The number of pyridine rings is 1. The summed E-state index contributed by atoms with van der Waals surface area (Å²) in [6, 6.07) is 23.0. The van der Waals surface area contributed by atoms with Crippen LogP contribution in [0.15, 0.2) is 84.9 Å². The van der Waals surface area contributed by atoms with Gasteiger partial charge in [0.2, 0.25) is 5.91 Å². The molecule has 0 aliphatic carbocycles. The number of nitro groups is 1. The normalized spacial score (nSPS) is 21.3. The van der Waals surface area contributed by atoms with Crippen molar-refractivity contribution < 1.29 is 19.3 Å². The number of amides is 2. The van der Waals surface area contributed by atoms with E-state index in [0.29, 0.717) is 16.8 Å². The molecular weight excluding hydrogens is 484 g/mol. The van der Waals surface area contributed by atoms with E-state index in [1.54, 1.807) is 5.06 Å². The molecule has 3 atom stereocenters. The first-order valence-electron chi connectivity index (χ1n) is 11.1. The van der Waals surface area contributed by atoms with Gasteiger partial charge in [-0.1, -0.05) is 48.0 Å². The first-order chi connectivity index (χ1) is 17.4. The van der Waals surface area contributed by atoms with Crippen LogP contribution in [0.5, 0.6) is 0 Å². The zero-order chi connectivity index (χ0) is 25.0. The number of aromatic nitrogens is 1. The lowest BCUT2D eigenvalue weighted by atomic mass is 9.90. The number of benzene rings is 3. The van der Waals surface area contributed by atoms with Gasteiger partial charge in [0.15, 0.2) is 6.10 Å². The van der Waals surface area contributed by atoms with Crippen molar-refractivity contribution in [3.8, 4) is 0 Å². The van der Waals surface area contributed by atoms with Crippen molar-refractivity contribution in [2.24, 2.45) is 5.92 Å². The first-order valence-corrected chi connectivity index (χ1v) is 11.5. The molecular formula is C26H17ClN4O5. The fraction of sp³-hybridized carbons (Fsp3) is 0.115. The molecule has 0 radical (unpaired) electrons. The minimum Gasteiger partial charge on any atom is -0.273 e. The number of anilines is 2. The highest BCUT2D eigenvalue weighted by atomic mass is 35.5. The van der Waals surface area contributed by atoms with Gasteiger partial charge < -0.3 is 0 Å². The SMILES string of the molecule is O=C1[C@H]2[C@@H](c3cc4ccccc4nc3Cl)N(c3ccccc3)O[C@H]2C(=O)N1c1ccc([N+](=O)[O-])cc1. The number of nitrogens with zero attached hydrogens (tertiary/aromatic N) is 4. The average Bonchev–Trinajstić information content (AvgIpc) is 3.40. The predicted molar refractivity (Wildman–Crippen MR) is 132 cm³/mol. The number of fused-ring (bicyclic) bond motifs is 2. The second kappa shape index (κ2) is 8.40. The minimum absolute atomic E-state index is 0.142. The molecule has 1 aromatic heterocycles. The molecule has 36 heavy (non-hydrogen) atoms. The number of imide groups is 1. The van der Waals surface area contributed by atoms with Crippen LogP contribution in [-0.4, -0.2) is 27.8 Å². The summed E-state index contributed by atoms with van der Waals surface area (Å²) in [6.07, 6.45) is -1.10. The van der Waals surface area contributed by atoms with Gasteiger partial charge in [-0.2, -0.15) is 0 Å². The number of halogens is 1. The van der Waals surface area contributed by atoms with Crippen molar-refractivity contribution in [2.75, 3.05) is 9.96 Å². The van der Waals surface area contributed by atoms with Gasteiger partial charge in [-0.25, -0.2) is 14.9 Å². The number of para-hydroxylation sites is 2. The number of hydrogen-bond acceptors (Lipinski definition) is 7. The summed E-state index contributed by atoms with van der Waals surface area (Å²) in [5.41, 5.74) is 2.01. The highest BCUT2D eigenvalue weighted by molar-refractivity contribution is 6.31. The fourth-order valence-electron chi connectivity index (χ4n) is 4.82. The first kappa shape index (κ1) is 22.1. The fourth-order valence-corrected chi connectivity index (χ4v) is 5.08. The molecule has 0 saturated carbocycles. The molecule has 2 aliphatic heterocycles. The van der Waals surface area contributed by atoms with Gasteiger partial charge >= 0.3 is 0 Å². The molecule has 178 valence electrons. The van der Waals surface area contributed by atoms with Gasteiger partial charge in [0.1, 0.15) is 11.1 Å². The predicted octanol–water partition coefficient (Wildman–Crippen LogP) is 4.85. The van der Waals surface area contributed by atoms with Gasteiger partial charge in [0, 0.05) is 23.1 Å². The average molecular weight is 501 g/mol. The van der Waals surface area contributed by atoms with Gasteiger partial charge in [-0.15, -0.1) is 0 Å². The van der Waals surface area contributed by atoms with E-state index in [1.807, 2.05) is 60.7 Å². The Morgan fingerprint density at radius 1 is 0.889 bits per heavy atom. The Labute approximate surface area is 209 Å². The molecule has 3 heterocycles. The molecule has 3 aromatic carbocycles. The Morgan fingerprint density at radius 2 is 1.58 bits per heavy atom. The van der Waals surface area contributed by atoms with E-state index < -0.39 is 34.8 Å². The molecule has 2 amide bonds. The second-order valence-corrected chi connectivity index (χ2v) is 8.86. The van der Waals surface area contributed by atoms with E-state index in [-0.39, 0.29) is 16.5 Å². The van der Waals surface area contributed by atoms with Crippen molar-refractivity contribution in [1.82, 2.24) is 4.98 Å². The van der Waals surface area contributed by atoms with E-state index in [0.717, 1.165) is 10.3 Å². The Kier molecular flexibility index (Phi) is 5.17. The van der Waals surface area contributed by atoms with Crippen LogP contribution in [0.25, 0.3) is 10.9 Å². The molecule has 0 bridgehead atoms. The summed E-state index contributed by atoms with van der Waals surface area (Å²) < 4.78 is 0. The molecule has 2 aliphatic rings. The van der Waals surface area contributed by atoms with E-state index >= 15 is 0 Å². The highest BCUT2D eigenvalue weighted by Gasteiger charge is 2.60. The van der Waals surface area contributed by atoms with Gasteiger partial charge in [0.05, 0.1) is 27.9 Å². The zero-order valence-electron chi connectivity index (χ0n) is 18.5. The lowest BCUT2D eigenvalue weighted by Gasteiger charge is -2.29. The topological polar surface area (TPSA) is 106 Å². The minimum atomic E-state index is -1.10. The van der Waals surface area contributed by atoms with Gasteiger partial charge in [-0.3, -0.25) is 24.5 Å². The van der Waals surface area contributed by atoms with Gasteiger partial charge in [-0.05, 0) is 36.4 Å². The maximum Gasteiger partial charge on any atom is 0.269 e. The maximum atomic E-state index is 13.8. The number of rotatable bonds is 4. The number of carbonyl (C=O) groups excluding carboxylic acids is 2. The zero-order valence-corrected chi connectivity index (χ0v) is 19.3. The van der Waals surface area contributed by atoms with Crippen LogP contribution in [0.2, 0.25) is 5.15 Å². The van der Waals surface area contributed by atoms with Crippen LogP contribution >= 0.6 is 11.6 Å². The summed E-state index contributed by atoms with van der Waals surface area (Å²) in [7, 11) is 0. The maximum absolute atomic E-state index is 13.8. The molecule has 0 spiro atoms. The monoisotopic (exact) mass is 500 g/mol. The molecule has 4 aromatic rings.